The van der Waals surface area contributed by atoms with Gasteiger partial charge in [0.25, 0.3) is 0 Å². The average Bonchev–Trinajstić information content (AvgIpc) is 2.80. The highest BCUT2D eigenvalue weighted by molar-refractivity contribution is 14.0. The Hall–Kier alpha value is -1.35. The lowest BCUT2D eigenvalue weighted by atomic mass is 10.1. The van der Waals surface area contributed by atoms with Crippen LogP contribution in [0.1, 0.15) is 36.4 Å². The van der Waals surface area contributed by atoms with E-state index in [1.165, 1.54) is 11.3 Å². The van der Waals surface area contributed by atoms with Crippen molar-refractivity contribution in [3.05, 3.63) is 46.0 Å². The number of nitrogens with one attached hydrogen (secondary N) is 2. The minimum Gasteiger partial charge on any atom is -0.357 e. The van der Waals surface area contributed by atoms with Crippen molar-refractivity contribution in [1.29, 1.82) is 0 Å². The number of aryl methyl sites for hydroxylation is 2. The Labute approximate surface area is 177 Å². The van der Waals surface area contributed by atoms with Crippen LogP contribution in [0.2, 0.25) is 5.15 Å². The van der Waals surface area contributed by atoms with Crippen LogP contribution in [-0.4, -0.2) is 33.3 Å². The summed E-state index contributed by atoms with van der Waals surface area (Å²) in [6.07, 6.45) is 2.65. The Balaban J connectivity index is 0.00000338. The maximum atomic E-state index is 5.82. The van der Waals surface area contributed by atoms with Gasteiger partial charge in [-0.1, -0.05) is 17.7 Å². The molecule has 0 aliphatic heterocycles. The molecule has 0 fully saturated rings. The number of guanidine groups is 1. The van der Waals surface area contributed by atoms with Crippen LogP contribution in [0.4, 0.5) is 0 Å². The van der Waals surface area contributed by atoms with Crippen molar-refractivity contribution in [1.82, 2.24) is 25.4 Å². The predicted molar refractivity (Wildman–Crippen MR) is 118 cm³/mol. The number of halogens is 2. The zero-order chi connectivity index (χ0) is 18.4. The lowest BCUT2D eigenvalue weighted by molar-refractivity contribution is 0.635. The van der Waals surface area contributed by atoms with E-state index in [1.807, 2.05) is 17.8 Å². The predicted octanol–water partition coefficient (Wildman–Crippen LogP) is 3.39. The van der Waals surface area contributed by atoms with Gasteiger partial charge in [-0.15, -0.1) is 24.0 Å². The second kappa shape index (κ2) is 10.7. The minimum absolute atomic E-state index is 0. The molecule has 1 atom stereocenters. The monoisotopic (exact) mass is 490 g/mol. The standard InChI is InChI=1S/C18H27ClN6.HI/c1-6-20-18(22-11-15-7-8-17(19)21-10-15)23-12(2)9-16-13(3)24-25(5)14(16)4;/h7-8,10,12H,6,9,11H2,1-5H3,(H2,20,22,23);1H. The smallest absolute Gasteiger partial charge is 0.191 e. The summed E-state index contributed by atoms with van der Waals surface area (Å²) in [5, 5.41) is 11.7. The molecule has 0 spiro atoms. The largest absolute Gasteiger partial charge is 0.357 e. The van der Waals surface area contributed by atoms with Gasteiger partial charge >= 0.3 is 0 Å². The molecule has 2 aromatic heterocycles. The topological polar surface area (TPSA) is 67.1 Å². The van der Waals surface area contributed by atoms with Crippen molar-refractivity contribution < 1.29 is 0 Å². The first-order valence-electron chi connectivity index (χ1n) is 8.55. The van der Waals surface area contributed by atoms with E-state index in [2.05, 4.69) is 53.4 Å². The molecule has 0 bridgehead atoms. The molecule has 2 heterocycles. The first kappa shape index (κ1) is 22.7. The highest BCUT2D eigenvalue weighted by atomic mass is 127. The van der Waals surface area contributed by atoms with Gasteiger partial charge in [-0.05, 0) is 51.3 Å². The number of hydrogen-bond donors (Lipinski definition) is 2. The van der Waals surface area contributed by atoms with E-state index >= 15 is 0 Å². The van der Waals surface area contributed by atoms with Crippen molar-refractivity contribution in [2.75, 3.05) is 6.54 Å². The van der Waals surface area contributed by atoms with Crippen LogP contribution in [0.25, 0.3) is 0 Å². The molecule has 0 aliphatic rings. The van der Waals surface area contributed by atoms with E-state index in [4.69, 9.17) is 11.6 Å². The van der Waals surface area contributed by atoms with Crippen LogP contribution in [0.3, 0.4) is 0 Å². The zero-order valence-corrected chi connectivity index (χ0v) is 19.1. The van der Waals surface area contributed by atoms with Gasteiger partial charge in [0.1, 0.15) is 5.15 Å². The lowest BCUT2D eigenvalue weighted by Gasteiger charge is -2.18. The number of rotatable bonds is 6. The molecule has 144 valence electrons. The molecule has 0 aromatic carbocycles. The number of aromatic nitrogens is 3. The van der Waals surface area contributed by atoms with E-state index in [-0.39, 0.29) is 30.0 Å². The average molecular weight is 491 g/mol. The molecule has 0 radical (unpaired) electrons. The number of hydrogen-bond acceptors (Lipinski definition) is 3. The minimum atomic E-state index is 0. The molecular formula is C18H28ClIN6. The van der Waals surface area contributed by atoms with Gasteiger partial charge in [0.2, 0.25) is 0 Å². The lowest BCUT2D eigenvalue weighted by Crippen LogP contribution is -2.43. The first-order chi connectivity index (χ1) is 11.9. The molecule has 2 rings (SSSR count). The molecule has 0 saturated carbocycles. The fraction of sp³-hybridized carbons (Fsp3) is 0.500. The first-order valence-corrected chi connectivity index (χ1v) is 8.92. The fourth-order valence-electron chi connectivity index (χ4n) is 2.69. The normalized spacial score (nSPS) is 12.5. The SMILES string of the molecule is CCNC(=NCc1ccc(Cl)nc1)NC(C)Cc1c(C)nn(C)c1C.I. The third kappa shape index (κ3) is 6.42. The molecule has 2 aromatic rings. The molecule has 1 unspecified atom stereocenters. The van der Waals surface area contributed by atoms with Gasteiger partial charge in [-0.2, -0.15) is 5.10 Å². The molecule has 8 heteroatoms. The number of aliphatic imine (C=N–C) groups is 1. The van der Waals surface area contributed by atoms with Gasteiger partial charge in [-0.25, -0.2) is 9.98 Å². The second-order valence-electron chi connectivity index (χ2n) is 6.21. The summed E-state index contributed by atoms with van der Waals surface area (Å²) in [6.45, 7) is 9.74. The highest BCUT2D eigenvalue weighted by Gasteiger charge is 2.14. The van der Waals surface area contributed by atoms with Gasteiger partial charge in [0.15, 0.2) is 5.96 Å². The van der Waals surface area contributed by atoms with E-state index in [0.717, 1.165) is 30.2 Å². The summed E-state index contributed by atoms with van der Waals surface area (Å²) in [7, 11) is 1.98. The zero-order valence-electron chi connectivity index (χ0n) is 16.0. The third-order valence-corrected chi connectivity index (χ3v) is 4.33. The van der Waals surface area contributed by atoms with Crippen LogP contribution in [0.15, 0.2) is 23.3 Å². The van der Waals surface area contributed by atoms with Gasteiger partial charge in [0.05, 0.1) is 12.2 Å². The van der Waals surface area contributed by atoms with E-state index in [9.17, 15) is 0 Å². The number of pyridine rings is 1. The van der Waals surface area contributed by atoms with Crippen LogP contribution >= 0.6 is 35.6 Å². The summed E-state index contributed by atoms with van der Waals surface area (Å²) < 4.78 is 1.93. The molecule has 26 heavy (non-hydrogen) atoms. The summed E-state index contributed by atoms with van der Waals surface area (Å²) in [5.41, 5.74) is 4.61. The Kier molecular flexibility index (Phi) is 9.35. The Morgan fingerprint density at radius 1 is 1.35 bits per heavy atom. The van der Waals surface area contributed by atoms with Crippen molar-refractivity contribution in [2.45, 2.75) is 46.7 Å². The van der Waals surface area contributed by atoms with Gasteiger partial charge in [0, 0.05) is 31.5 Å². The van der Waals surface area contributed by atoms with Crippen LogP contribution in [-0.2, 0) is 20.0 Å². The van der Waals surface area contributed by atoms with Crippen molar-refractivity contribution >= 4 is 41.5 Å². The summed E-state index contributed by atoms with van der Waals surface area (Å²) >= 11 is 5.82. The Morgan fingerprint density at radius 2 is 2.08 bits per heavy atom. The van der Waals surface area contributed by atoms with Crippen molar-refractivity contribution in [3.63, 3.8) is 0 Å². The fourth-order valence-corrected chi connectivity index (χ4v) is 2.81. The van der Waals surface area contributed by atoms with Gasteiger partial charge < -0.3 is 10.6 Å². The third-order valence-electron chi connectivity index (χ3n) is 4.10. The van der Waals surface area contributed by atoms with Crippen LogP contribution in [0, 0.1) is 13.8 Å². The Bertz CT molecular complexity index is 726. The summed E-state index contributed by atoms with van der Waals surface area (Å²) in [4.78, 5) is 8.72. The molecule has 0 saturated heterocycles. The molecule has 6 nitrogen and oxygen atoms in total. The molecule has 2 N–H and O–H groups in total. The van der Waals surface area contributed by atoms with E-state index < -0.39 is 0 Å². The summed E-state index contributed by atoms with van der Waals surface area (Å²) in [5.74, 6) is 0.796. The van der Waals surface area contributed by atoms with Crippen molar-refractivity contribution in [3.8, 4) is 0 Å². The molecular weight excluding hydrogens is 463 g/mol. The van der Waals surface area contributed by atoms with E-state index in [0.29, 0.717) is 11.7 Å². The van der Waals surface area contributed by atoms with Gasteiger partial charge in [-0.3, -0.25) is 4.68 Å². The second-order valence-corrected chi connectivity index (χ2v) is 6.59. The van der Waals surface area contributed by atoms with Crippen LogP contribution in [0.5, 0.6) is 0 Å². The van der Waals surface area contributed by atoms with Crippen LogP contribution < -0.4 is 10.6 Å². The highest BCUT2D eigenvalue weighted by Crippen LogP contribution is 2.14. The molecule has 0 amide bonds. The number of nitrogens with zero attached hydrogens (tertiary/aromatic N) is 4. The maximum absolute atomic E-state index is 5.82. The summed E-state index contributed by atoms with van der Waals surface area (Å²) in [6, 6.07) is 3.96. The maximum Gasteiger partial charge on any atom is 0.191 e. The van der Waals surface area contributed by atoms with Crippen molar-refractivity contribution in [2.24, 2.45) is 12.0 Å². The quantitative estimate of drug-likeness (QED) is 0.282. The van der Waals surface area contributed by atoms with E-state index in [1.54, 1.807) is 12.3 Å². The Morgan fingerprint density at radius 3 is 2.62 bits per heavy atom. The molecule has 0 aliphatic carbocycles.